The van der Waals surface area contributed by atoms with Crippen molar-refractivity contribution in [2.45, 2.75) is 44.8 Å². The summed E-state index contributed by atoms with van der Waals surface area (Å²) < 4.78 is 25.5. The Kier molecular flexibility index (Phi) is 14.0. The molecule has 2 aromatic carbocycles. The largest absolute Gasteiger partial charge is 0.403 e. The van der Waals surface area contributed by atoms with Gasteiger partial charge < -0.3 is 22.2 Å². The second kappa shape index (κ2) is 16.4. The molecule has 1 heterocycles. The van der Waals surface area contributed by atoms with Gasteiger partial charge in [0.1, 0.15) is 11.6 Å². The second-order valence-electron chi connectivity index (χ2n) is 8.28. The first kappa shape index (κ1) is 29.8. The summed E-state index contributed by atoms with van der Waals surface area (Å²) in [6.45, 7) is 11.2. The van der Waals surface area contributed by atoms with Crippen molar-refractivity contribution in [1.29, 1.82) is 0 Å². The van der Waals surface area contributed by atoms with Crippen LogP contribution in [0.3, 0.4) is 0 Å². The Labute approximate surface area is 208 Å². The van der Waals surface area contributed by atoms with E-state index >= 15 is 0 Å². The molecule has 3 rings (SSSR count). The molecule has 6 nitrogen and oxygen atoms in total. The predicted octanol–water partition coefficient (Wildman–Crippen LogP) is 4.19. The number of rotatable bonds is 8. The van der Waals surface area contributed by atoms with Gasteiger partial charge in [0.15, 0.2) is 0 Å². The molecule has 8 heteroatoms. The normalized spacial score (nSPS) is 16.2. The summed E-state index contributed by atoms with van der Waals surface area (Å²) in [6, 6.07) is 13.3. The maximum atomic E-state index is 12.8. The average molecular weight is 487 g/mol. The smallest absolute Gasteiger partial charge is 0.127 e. The number of hydrazine groups is 1. The van der Waals surface area contributed by atoms with Crippen molar-refractivity contribution in [3.05, 3.63) is 108 Å². The number of allylic oxidation sites excluding steroid dienone is 1. The number of likely N-dealkylation sites (tertiary alicyclic amines) is 1. The molecular formula is C27H40F2N6. The Balaban J connectivity index is 0.000000290. The lowest BCUT2D eigenvalue weighted by Gasteiger charge is -2.22. The molecule has 2 unspecified atom stereocenters. The number of halogens is 2. The van der Waals surface area contributed by atoms with Gasteiger partial charge in [-0.1, -0.05) is 43.0 Å². The van der Waals surface area contributed by atoms with Gasteiger partial charge in [-0.3, -0.25) is 10.7 Å². The first-order chi connectivity index (χ1) is 16.7. The molecule has 0 spiro atoms. The lowest BCUT2D eigenvalue weighted by Crippen LogP contribution is -2.32. The van der Waals surface area contributed by atoms with Crippen molar-refractivity contribution in [3.8, 4) is 0 Å². The minimum absolute atomic E-state index is 0.192. The minimum Gasteiger partial charge on any atom is -0.403 e. The summed E-state index contributed by atoms with van der Waals surface area (Å²) in [5.74, 6) is 4.61. The average Bonchev–Trinajstić information content (AvgIpc) is 3.29. The third-order valence-electron chi connectivity index (χ3n) is 5.50. The number of nitrogens with two attached hydrogens (primary N) is 3. The van der Waals surface area contributed by atoms with Gasteiger partial charge in [-0.2, -0.15) is 0 Å². The molecule has 8 N–H and O–H groups in total. The quantitative estimate of drug-likeness (QED) is 0.218. The van der Waals surface area contributed by atoms with Gasteiger partial charge >= 0.3 is 0 Å². The van der Waals surface area contributed by atoms with E-state index in [2.05, 4.69) is 35.8 Å². The lowest BCUT2D eigenvalue weighted by molar-refractivity contribution is 0.334. The van der Waals surface area contributed by atoms with Crippen molar-refractivity contribution >= 4 is 0 Å². The Bertz CT molecular complexity index is 928. The number of nitrogens with zero attached hydrogens (tertiary/aromatic N) is 1. The number of benzene rings is 2. The molecule has 0 radical (unpaired) electrons. The number of hydrogen-bond donors (Lipinski definition) is 5. The number of likely N-dealkylation sites (N-methyl/N-ethyl adjacent to an activating group) is 1. The Morgan fingerprint density at radius 1 is 1.20 bits per heavy atom. The molecule has 1 saturated heterocycles. The summed E-state index contributed by atoms with van der Waals surface area (Å²) in [4.78, 5) is 2.32. The molecule has 0 aromatic heterocycles. The first-order valence-corrected chi connectivity index (χ1v) is 11.6. The van der Waals surface area contributed by atoms with Crippen LogP contribution in [0.5, 0.6) is 0 Å². The van der Waals surface area contributed by atoms with Gasteiger partial charge in [0.2, 0.25) is 0 Å². The zero-order chi connectivity index (χ0) is 26.2. The third kappa shape index (κ3) is 11.2. The molecule has 0 aliphatic carbocycles. The Hall–Kier alpha value is -3.20. The highest BCUT2D eigenvalue weighted by Gasteiger charge is 2.23. The van der Waals surface area contributed by atoms with E-state index in [-0.39, 0.29) is 17.7 Å². The number of nitrogens with one attached hydrogen (secondary N) is 2. The van der Waals surface area contributed by atoms with Crippen LogP contribution in [-0.4, -0.2) is 24.5 Å². The van der Waals surface area contributed by atoms with Gasteiger partial charge in [0.25, 0.3) is 0 Å². The van der Waals surface area contributed by atoms with E-state index < -0.39 is 0 Å². The van der Waals surface area contributed by atoms with Crippen molar-refractivity contribution < 1.29 is 8.78 Å². The summed E-state index contributed by atoms with van der Waals surface area (Å²) >= 11 is 0. The zero-order valence-corrected chi connectivity index (χ0v) is 20.8. The Morgan fingerprint density at radius 3 is 2.29 bits per heavy atom. The highest BCUT2D eigenvalue weighted by atomic mass is 19.1. The van der Waals surface area contributed by atoms with Crippen LogP contribution in [0.2, 0.25) is 0 Å². The Morgan fingerprint density at radius 2 is 1.86 bits per heavy atom. The maximum absolute atomic E-state index is 12.8. The van der Waals surface area contributed by atoms with Crippen molar-refractivity contribution in [2.24, 2.45) is 17.3 Å². The molecular weight excluding hydrogens is 446 g/mol. The standard InChI is InChI=1S/C14H19FN2.C8H10FN.C5H11N3/c1-11(14-4-3-9-17(14)2)16-10-12-5-7-13(15)8-6-12;1-6(10)7-4-2-3-5-8(7)9;1-2-3-5(4-6)8-7/h5-8,14,16H,1,3-4,9-10H2,2H3;2-6H,10H2,1H3;2,4,8H,1,3,6-7H2/b;;5-4-. The van der Waals surface area contributed by atoms with E-state index in [1.165, 1.54) is 37.2 Å². The van der Waals surface area contributed by atoms with E-state index in [9.17, 15) is 8.78 Å². The highest BCUT2D eigenvalue weighted by molar-refractivity contribution is 5.20. The van der Waals surface area contributed by atoms with Gasteiger partial charge in [0, 0.05) is 48.2 Å². The molecule has 1 aliphatic heterocycles. The van der Waals surface area contributed by atoms with Gasteiger partial charge in [-0.25, -0.2) is 8.78 Å². The molecule has 35 heavy (non-hydrogen) atoms. The summed E-state index contributed by atoms with van der Waals surface area (Å²) in [6.07, 6.45) is 6.23. The van der Waals surface area contributed by atoms with Crippen LogP contribution in [-0.2, 0) is 6.54 Å². The minimum atomic E-state index is -0.225. The summed E-state index contributed by atoms with van der Waals surface area (Å²) in [5, 5.41) is 3.33. The van der Waals surface area contributed by atoms with Crippen LogP contribution in [0.25, 0.3) is 0 Å². The molecule has 0 bridgehead atoms. The molecule has 0 saturated carbocycles. The third-order valence-corrected chi connectivity index (χ3v) is 5.50. The fourth-order valence-corrected chi connectivity index (χ4v) is 3.46. The fraction of sp³-hybridized carbons (Fsp3) is 0.333. The van der Waals surface area contributed by atoms with Crippen LogP contribution in [0.4, 0.5) is 8.78 Å². The summed E-state index contributed by atoms with van der Waals surface area (Å²) in [5.41, 5.74) is 16.5. The zero-order valence-electron chi connectivity index (χ0n) is 20.8. The first-order valence-electron chi connectivity index (χ1n) is 11.6. The van der Waals surface area contributed by atoms with E-state index in [0.717, 1.165) is 23.5 Å². The van der Waals surface area contributed by atoms with Crippen molar-refractivity contribution in [3.63, 3.8) is 0 Å². The van der Waals surface area contributed by atoms with Crippen molar-refractivity contribution in [1.82, 2.24) is 15.6 Å². The molecule has 192 valence electrons. The van der Waals surface area contributed by atoms with Crippen molar-refractivity contribution in [2.75, 3.05) is 13.6 Å². The van der Waals surface area contributed by atoms with E-state index in [1.54, 1.807) is 43.3 Å². The van der Waals surface area contributed by atoms with E-state index in [1.807, 2.05) is 0 Å². The highest BCUT2D eigenvalue weighted by Crippen LogP contribution is 2.19. The second-order valence-corrected chi connectivity index (χ2v) is 8.28. The maximum Gasteiger partial charge on any atom is 0.127 e. The van der Waals surface area contributed by atoms with Crippen LogP contribution in [0.15, 0.2) is 85.4 Å². The van der Waals surface area contributed by atoms with Crippen LogP contribution in [0.1, 0.15) is 43.4 Å². The van der Waals surface area contributed by atoms with E-state index in [4.69, 9.17) is 17.3 Å². The lowest BCUT2D eigenvalue weighted by atomic mass is 10.1. The fourth-order valence-electron chi connectivity index (χ4n) is 3.46. The van der Waals surface area contributed by atoms with Crippen LogP contribution in [0, 0.1) is 11.6 Å². The van der Waals surface area contributed by atoms with Gasteiger partial charge in [0.05, 0.1) is 0 Å². The molecule has 2 aromatic rings. The van der Waals surface area contributed by atoms with Crippen LogP contribution >= 0.6 is 0 Å². The SMILES string of the molecule is C=C(NCc1ccc(F)cc1)C1CCCN1C.C=CC/C(=C/N)NN.CC(N)c1ccccc1F. The number of hydrogen-bond acceptors (Lipinski definition) is 6. The van der Waals surface area contributed by atoms with Crippen LogP contribution < -0.4 is 28.1 Å². The molecule has 1 fully saturated rings. The summed E-state index contributed by atoms with van der Waals surface area (Å²) in [7, 11) is 2.13. The van der Waals surface area contributed by atoms with Gasteiger partial charge in [-0.05, 0) is 57.1 Å². The predicted molar refractivity (Wildman–Crippen MR) is 141 cm³/mol. The van der Waals surface area contributed by atoms with E-state index in [0.29, 0.717) is 24.6 Å². The molecule has 2 atom stereocenters. The molecule has 1 aliphatic rings. The molecule has 0 amide bonds. The van der Waals surface area contributed by atoms with Gasteiger partial charge in [-0.15, -0.1) is 6.58 Å². The monoisotopic (exact) mass is 486 g/mol. The topological polar surface area (TPSA) is 105 Å².